The summed E-state index contributed by atoms with van der Waals surface area (Å²) in [5.74, 6) is -0.408. The lowest BCUT2D eigenvalue weighted by Crippen LogP contribution is -2.09. The van der Waals surface area contributed by atoms with Gasteiger partial charge < -0.3 is 0 Å². The van der Waals surface area contributed by atoms with Crippen LogP contribution in [0.5, 0.6) is 0 Å². The lowest BCUT2D eigenvalue weighted by atomic mass is 9.96. The lowest BCUT2D eigenvalue weighted by Gasteiger charge is -2.11. The van der Waals surface area contributed by atoms with Gasteiger partial charge in [0.05, 0.1) is 5.56 Å². The predicted molar refractivity (Wildman–Crippen MR) is 78.5 cm³/mol. The summed E-state index contributed by atoms with van der Waals surface area (Å²) < 4.78 is 39.0. The minimum atomic E-state index is -4.46. The highest BCUT2D eigenvalue weighted by Crippen LogP contribution is 2.30. The average molecular weight is 357 g/mol. The van der Waals surface area contributed by atoms with Crippen LogP contribution in [0.25, 0.3) is 0 Å². The predicted octanol–water partition coefficient (Wildman–Crippen LogP) is 5.32. The molecule has 1 nitrogen and oxygen atoms in total. The molecular weight excluding hydrogens is 345 g/mol. The van der Waals surface area contributed by atoms with Crippen molar-refractivity contribution in [2.45, 2.75) is 20.0 Å². The highest BCUT2D eigenvalue weighted by Gasteiger charge is 2.31. The molecule has 0 amide bonds. The molecule has 0 fully saturated rings. The van der Waals surface area contributed by atoms with Crippen LogP contribution in [-0.4, -0.2) is 5.78 Å². The molecule has 0 aromatic heterocycles. The number of benzene rings is 2. The molecule has 2 rings (SSSR count). The van der Waals surface area contributed by atoms with Crippen molar-refractivity contribution in [2.75, 3.05) is 0 Å². The molecule has 0 saturated heterocycles. The van der Waals surface area contributed by atoms with Gasteiger partial charge in [-0.25, -0.2) is 0 Å². The molecule has 2 aromatic carbocycles. The SMILES string of the molecule is Cc1cc(C(=O)c2cccc(C(F)(F)F)c2)c(C)cc1Br. The Kier molecular flexibility index (Phi) is 4.23. The van der Waals surface area contributed by atoms with Gasteiger partial charge in [0.15, 0.2) is 5.78 Å². The normalized spacial score (nSPS) is 11.5. The van der Waals surface area contributed by atoms with E-state index in [-0.39, 0.29) is 5.56 Å². The van der Waals surface area contributed by atoms with Gasteiger partial charge in [0.25, 0.3) is 0 Å². The first-order valence-electron chi connectivity index (χ1n) is 6.19. The number of hydrogen-bond donors (Lipinski definition) is 0. The third-order valence-electron chi connectivity index (χ3n) is 3.20. The lowest BCUT2D eigenvalue weighted by molar-refractivity contribution is -0.137. The van der Waals surface area contributed by atoms with Crippen molar-refractivity contribution < 1.29 is 18.0 Å². The summed E-state index contributed by atoms with van der Waals surface area (Å²) in [4.78, 5) is 12.4. The summed E-state index contributed by atoms with van der Waals surface area (Å²) in [5, 5.41) is 0. The molecule has 110 valence electrons. The molecule has 5 heteroatoms. The van der Waals surface area contributed by atoms with Gasteiger partial charge in [-0.1, -0.05) is 28.1 Å². The molecule has 0 heterocycles. The summed E-state index contributed by atoms with van der Waals surface area (Å²) in [7, 11) is 0. The first-order chi connectivity index (χ1) is 9.70. The molecular formula is C16H12BrF3O. The standard InChI is InChI=1S/C16H12BrF3O/c1-9-7-14(17)10(2)6-13(9)15(21)11-4-3-5-12(8-11)16(18,19)20/h3-8H,1-2H3. The molecule has 0 aliphatic heterocycles. The van der Waals surface area contributed by atoms with Gasteiger partial charge >= 0.3 is 6.18 Å². The second kappa shape index (κ2) is 5.64. The Labute approximate surface area is 128 Å². The van der Waals surface area contributed by atoms with E-state index >= 15 is 0 Å². The quantitative estimate of drug-likeness (QED) is 0.666. The zero-order chi connectivity index (χ0) is 15.8. The van der Waals surface area contributed by atoms with E-state index in [1.807, 2.05) is 6.92 Å². The number of aryl methyl sites for hydroxylation is 2. The number of ketones is 1. The van der Waals surface area contributed by atoms with Crippen molar-refractivity contribution >= 4 is 21.7 Å². The minimum absolute atomic E-state index is 0.0367. The Bertz CT molecular complexity index is 705. The van der Waals surface area contributed by atoms with Crippen LogP contribution >= 0.6 is 15.9 Å². The van der Waals surface area contributed by atoms with Crippen molar-refractivity contribution in [1.29, 1.82) is 0 Å². The van der Waals surface area contributed by atoms with Crippen LogP contribution in [0, 0.1) is 13.8 Å². The molecule has 0 bridgehead atoms. The van der Waals surface area contributed by atoms with Gasteiger partial charge in [-0.2, -0.15) is 13.2 Å². The second-order valence-electron chi connectivity index (χ2n) is 4.82. The van der Waals surface area contributed by atoms with E-state index in [1.165, 1.54) is 12.1 Å². The van der Waals surface area contributed by atoms with E-state index in [0.717, 1.165) is 27.7 Å². The van der Waals surface area contributed by atoms with Crippen molar-refractivity contribution in [3.63, 3.8) is 0 Å². The zero-order valence-corrected chi connectivity index (χ0v) is 13.0. The Morgan fingerprint density at radius 1 is 1.05 bits per heavy atom. The fourth-order valence-corrected chi connectivity index (χ4v) is 2.48. The third-order valence-corrected chi connectivity index (χ3v) is 4.06. The summed E-state index contributed by atoms with van der Waals surface area (Å²) in [6, 6.07) is 7.96. The molecule has 0 radical (unpaired) electrons. The van der Waals surface area contributed by atoms with E-state index in [9.17, 15) is 18.0 Å². The van der Waals surface area contributed by atoms with Crippen molar-refractivity contribution in [3.05, 3.63) is 68.7 Å². The first kappa shape index (κ1) is 15.8. The van der Waals surface area contributed by atoms with Gasteiger partial charge in [-0.3, -0.25) is 4.79 Å². The molecule has 2 aromatic rings. The Morgan fingerprint density at radius 2 is 1.71 bits per heavy atom. The van der Waals surface area contributed by atoms with E-state index < -0.39 is 17.5 Å². The highest BCUT2D eigenvalue weighted by molar-refractivity contribution is 9.10. The van der Waals surface area contributed by atoms with Crippen molar-refractivity contribution in [2.24, 2.45) is 0 Å². The number of rotatable bonds is 2. The smallest absolute Gasteiger partial charge is 0.289 e. The van der Waals surface area contributed by atoms with Crippen molar-refractivity contribution in [3.8, 4) is 0 Å². The van der Waals surface area contributed by atoms with E-state index in [4.69, 9.17) is 0 Å². The molecule has 21 heavy (non-hydrogen) atoms. The van der Waals surface area contributed by atoms with Crippen LogP contribution in [0.15, 0.2) is 40.9 Å². The average Bonchev–Trinajstić information content (AvgIpc) is 2.41. The monoisotopic (exact) mass is 356 g/mol. The molecule has 0 unspecified atom stereocenters. The molecule has 0 spiro atoms. The fraction of sp³-hybridized carbons (Fsp3) is 0.188. The molecule has 0 N–H and O–H groups in total. The largest absolute Gasteiger partial charge is 0.416 e. The molecule has 0 atom stereocenters. The summed E-state index contributed by atoms with van der Waals surface area (Å²) in [6.07, 6.45) is -4.46. The summed E-state index contributed by atoms with van der Waals surface area (Å²) >= 11 is 3.36. The molecule has 0 saturated carbocycles. The Hall–Kier alpha value is -1.62. The molecule has 0 aliphatic rings. The molecule has 0 aliphatic carbocycles. The van der Waals surface area contributed by atoms with Gasteiger partial charge in [0.2, 0.25) is 0 Å². The third kappa shape index (κ3) is 3.35. The first-order valence-corrected chi connectivity index (χ1v) is 6.98. The van der Waals surface area contributed by atoms with Crippen LogP contribution in [-0.2, 0) is 6.18 Å². The van der Waals surface area contributed by atoms with Crippen LogP contribution in [0.2, 0.25) is 0 Å². The number of halogens is 4. The maximum absolute atomic E-state index is 12.7. The van der Waals surface area contributed by atoms with Gasteiger partial charge in [0.1, 0.15) is 0 Å². The number of carbonyl (C=O) groups excluding carboxylic acids is 1. The maximum Gasteiger partial charge on any atom is 0.416 e. The Morgan fingerprint density at radius 3 is 2.33 bits per heavy atom. The van der Waals surface area contributed by atoms with Crippen molar-refractivity contribution in [1.82, 2.24) is 0 Å². The zero-order valence-electron chi connectivity index (χ0n) is 11.4. The van der Waals surface area contributed by atoms with Gasteiger partial charge in [-0.05, 0) is 49.2 Å². The number of carbonyl (C=O) groups is 1. The maximum atomic E-state index is 12.7. The number of alkyl halides is 3. The topological polar surface area (TPSA) is 17.1 Å². The second-order valence-corrected chi connectivity index (χ2v) is 5.68. The van der Waals surface area contributed by atoms with Gasteiger partial charge in [0, 0.05) is 15.6 Å². The summed E-state index contributed by atoms with van der Waals surface area (Å²) in [6.45, 7) is 3.58. The van der Waals surface area contributed by atoms with Crippen LogP contribution in [0.3, 0.4) is 0 Å². The minimum Gasteiger partial charge on any atom is -0.289 e. The van der Waals surface area contributed by atoms with Crippen LogP contribution in [0.4, 0.5) is 13.2 Å². The number of hydrogen-bond acceptors (Lipinski definition) is 1. The van der Waals surface area contributed by atoms with Gasteiger partial charge in [-0.15, -0.1) is 0 Å². The van der Waals surface area contributed by atoms with E-state index in [0.29, 0.717) is 5.56 Å². The Balaban J connectivity index is 2.48. The van der Waals surface area contributed by atoms with Crippen LogP contribution in [0.1, 0.15) is 32.6 Å². The summed E-state index contributed by atoms with van der Waals surface area (Å²) in [5.41, 5.74) is 1.20. The van der Waals surface area contributed by atoms with E-state index in [1.54, 1.807) is 19.1 Å². The fourth-order valence-electron chi connectivity index (χ4n) is 2.02. The van der Waals surface area contributed by atoms with Crippen LogP contribution < -0.4 is 0 Å². The van der Waals surface area contributed by atoms with E-state index in [2.05, 4.69) is 15.9 Å². The highest BCUT2D eigenvalue weighted by atomic mass is 79.9.